The molecule has 0 saturated carbocycles. The molecule has 4 rings (SSSR count). The predicted octanol–water partition coefficient (Wildman–Crippen LogP) is 5.48. The van der Waals surface area contributed by atoms with Crippen molar-refractivity contribution in [2.24, 2.45) is 0 Å². The summed E-state index contributed by atoms with van der Waals surface area (Å²) in [5.41, 5.74) is 3.19. The Morgan fingerprint density at radius 1 is 1.22 bits per heavy atom. The second kappa shape index (κ2) is 7.17. The van der Waals surface area contributed by atoms with Crippen molar-refractivity contribution in [3.05, 3.63) is 71.1 Å². The Labute approximate surface area is 164 Å². The molecule has 4 nitrogen and oxygen atoms in total. The highest BCUT2D eigenvalue weighted by Crippen LogP contribution is 2.28. The van der Waals surface area contributed by atoms with Gasteiger partial charge < -0.3 is 5.32 Å². The fourth-order valence-electron chi connectivity index (χ4n) is 2.81. The first-order valence-electron chi connectivity index (χ1n) is 8.25. The molecule has 7 heteroatoms. The Morgan fingerprint density at radius 3 is 2.70 bits per heavy atom. The molecule has 4 aromatic rings. The maximum atomic E-state index is 13.1. The lowest BCUT2D eigenvalue weighted by Crippen LogP contribution is -2.11. The molecule has 0 spiro atoms. The highest BCUT2D eigenvalue weighted by atomic mass is 32.2. The van der Waals surface area contributed by atoms with Gasteiger partial charge in [-0.15, -0.1) is 11.8 Å². The lowest BCUT2D eigenvalue weighted by Gasteiger charge is -2.06. The summed E-state index contributed by atoms with van der Waals surface area (Å²) in [6, 6.07) is 14.0. The molecule has 1 amide bonds. The summed E-state index contributed by atoms with van der Waals surface area (Å²) >= 11 is 2.97. The summed E-state index contributed by atoms with van der Waals surface area (Å²) in [5.74, 6) is -0.426. The van der Waals surface area contributed by atoms with Crippen molar-refractivity contribution < 1.29 is 9.18 Å². The van der Waals surface area contributed by atoms with Gasteiger partial charge in [-0.25, -0.2) is 9.37 Å². The molecule has 0 aliphatic heterocycles. The summed E-state index contributed by atoms with van der Waals surface area (Å²) < 4.78 is 15.0. The number of hydrogen-bond donors (Lipinski definition) is 1. The van der Waals surface area contributed by atoms with Crippen LogP contribution < -0.4 is 5.32 Å². The van der Waals surface area contributed by atoms with Crippen LogP contribution in [0.15, 0.2) is 59.6 Å². The molecule has 136 valence electrons. The van der Waals surface area contributed by atoms with Gasteiger partial charge in [-0.1, -0.05) is 17.4 Å². The van der Waals surface area contributed by atoms with E-state index in [1.54, 1.807) is 23.9 Å². The number of aromatic nitrogens is 2. The quantitative estimate of drug-likeness (QED) is 0.464. The summed E-state index contributed by atoms with van der Waals surface area (Å²) in [6.07, 6.45) is 3.87. The van der Waals surface area contributed by atoms with Crippen LogP contribution >= 0.6 is 23.1 Å². The molecule has 0 unspecified atom stereocenters. The van der Waals surface area contributed by atoms with Crippen LogP contribution in [0.4, 0.5) is 10.1 Å². The van der Waals surface area contributed by atoms with Crippen molar-refractivity contribution >= 4 is 39.7 Å². The smallest absolute Gasteiger partial charge is 0.267 e. The number of carbonyl (C=O) groups is 1. The lowest BCUT2D eigenvalue weighted by molar-refractivity contribution is 0.102. The number of benzene rings is 2. The van der Waals surface area contributed by atoms with E-state index in [1.807, 2.05) is 48.0 Å². The van der Waals surface area contributed by atoms with Crippen LogP contribution in [0.25, 0.3) is 16.2 Å². The fraction of sp³-hybridized carbons (Fsp3) is 0.100. The third-order valence-corrected chi connectivity index (χ3v) is 6.11. The van der Waals surface area contributed by atoms with Crippen LogP contribution in [0.3, 0.4) is 0 Å². The molecular weight excluding hydrogens is 381 g/mol. The minimum absolute atomic E-state index is 0.149. The normalized spacial score (nSPS) is 11.1. The van der Waals surface area contributed by atoms with E-state index in [-0.39, 0.29) is 11.7 Å². The molecule has 2 heterocycles. The van der Waals surface area contributed by atoms with Crippen molar-refractivity contribution in [1.29, 1.82) is 0 Å². The van der Waals surface area contributed by atoms with Crippen molar-refractivity contribution in [1.82, 2.24) is 9.38 Å². The van der Waals surface area contributed by atoms with Gasteiger partial charge in [-0.05, 0) is 55.6 Å². The summed E-state index contributed by atoms with van der Waals surface area (Å²) in [5, 5.41) is 2.95. The number of nitrogens with zero attached hydrogens (tertiary/aromatic N) is 2. The van der Waals surface area contributed by atoms with Gasteiger partial charge in [-0.2, -0.15) is 0 Å². The third kappa shape index (κ3) is 3.48. The lowest BCUT2D eigenvalue weighted by atomic mass is 10.2. The number of halogens is 1. The molecule has 27 heavy (non-hydrogen) atoms. The number of rotatable bonds is 4. The molecule has 0 radical (unpaired) electrons. The molecule has 0 aliphatic carbocycles. The maximum absolute atomic E-state index is 13.1. The predicted molar refractivity (Wildman–Crippen MR) is 109 cm³/mol. The Balaban J connectivity index is 1.62. The SMILES string of the molecule is CSc1cccc(NC(=O)c2sc3nc(-c4ccc(F)cc4)cn3c2C)c1. The molecule has 0 fully saturated rings. The first-order chi connectivity index (χ1) is 13.0. The number of hydrogen-bond acceptors (Lipinski definition) is 4. The monoisotopic (exact) mass is 397 g/mol. The molecule has 0 saturated heterocycles. The third-order valence-electron chi connectivity index (χ3n) is 4.23. The first-order valence-corrected chi connectivity index (χ1v) is 10.3. The van der Waals surface area contributed by atoms with Gasteiger partial charge in [0.25, 0.3) is 5.91 Å². The number of thiazole rings is 1. The highest BCUT2D eigenvalue weighted by molar-refractivity contribution is 7.98. The molecular formula is C20H16FN3OS2. The molecule has 0 aliphatic rings. The fourth-order valence-corrected chi connectivity index (χ4v) is 4.27. The van der Waals surface area contributed by atoms with Gasteiger partial charge in [0.15, 0.2) is 4.96 Å². The minimum Gasteiger partial charge on any atom is -0.321 e. The van der Waals surface area contributed by atoms with Gasteiger partial charge in [0.2, 0.25) is 0 Å². The number of carbonyl (C=O) groups excluding carboxylic acids is 1. The highest BCUT2D eigenvalue weighted by Gasteiger charge is 2.18. The summed E-state index contributed by atoms with van der Waals surface area (Å²) in [6.45, 7) is 1.90. The zero-order valence-corrected chi connectivity index (χ0v) is 16.3. The molecule has 0 bridgehead atoms. The van der Waals surface area contributed by atoms with Crippen LogP contribution in [0.5, 0.6) is 0 Å². The molecule has 2 aromatic heterocycles. The standard InChI is InChI=1S/C20H16FN3OS2/c1-12-18(19(25)22-15-4-3-5-16(10-15)26-2)27-20-23-17(11-24(12)20)13-6-8-14(21)9-7-13/h3-11H,1-2H3,(H,22,25). The average molecular weight is 398 g/mol. The molecule has 2 aromatic carbocycles. The van der Waals surface area contributed by atoms with E-state index in [0.717, 1.165) is 32.5 Å². The van der Waals surface area contributed by atoms with E-state index < -0.39 is 0 Å². The number of amides is 1. The van der Waals surface area contributed by atoms with Gasteiger partial charge in [0, 0.05) is 28.0 Å². The van der Waals surface area contributed by atoms with Gasteiger partial charge in [-0.3, -0.25) is 9.20 Å². The van der Waals surface area contributed by atoms with Crippen LogP contribution in [-0.4, -0.2) is 21.5 Å². The topological polar surface area (TPSA) is 46.4 Å². The van der Waals surface area contributed by atoms with Gasteiger partial charge in [0.1, 0.15) is 10.7 Å². The number of anilines is 1. The van der Waals surface area contributed by atoms with E-state index in [1.165, 1.54) is 23.5 Å². The Bertz CT molecular complexity index is 1130. The molecule has 1 N–H and O–H groups in total. The number of imidazole rings is 1. The van der Waals surface area contributed by atoms with Crippen LogP contribution in [0.1, 0.15) is 15.4 Å². The van der Waals surface area contributed by atoms with Crippen molar-refractivity contribution in [3.63, 3.8) is 0 Å². The Kier molecular flexibility index (Phi) is 4.72. The molecule has 0 atom stereocenters. The van der Waals surface area contributed by atoms with Gasteiger partial charge in [0.05, 0.1) is 5.69 Å². The minimum atomic E-state index is -0.277. The Hall–Kier alpha value is -2.64. The zero-order chi connectivity index (χ0) is 19.0. The van der Waals surface area contributed by atoms with Crippen molar-refractivity contribution in [3.8, 4) is 11.3 Å². The number of nitrogens with one attached hydrogen (secondary N) is 1. The number of aryl methyl sites for hydroxylation is 1. The van der Waals surface area contributed by atoms with Gasteiger partial charge >= 0.3 is 0 Å². The number of fused-ring (bicyclic) bond motifs is 1. The zero-order valence-electron chi connectivity index (χ0n) is 14.7. The van der Waals surface area contributed by atoms with E-state index in [2.05, 4.69) is 10.3 Å². The summed E-state index contributed by atoms with van der Waals surface area (Å²) in [4.78, 5) is 19.7. The first kappa shape index (κ1) is 17.8. The van der Waals surface area contributed by atoms with E-state index in [0.29, 0.717) is 4.88 Å². The second-order valence-electron chi connectivity index (χ2n) is 5.99. The number of thioether (sulfide) groups is 1. The second-order valence-corrected chi connectivity index (χ2v) is 7.85. The van der Waals surface area contributed by atoms with Crippen molar-refractivity contribution in [2.75, 3.05) is 11.6 Å². The van der Waals surface area contributed by atoms with E-state index >= 15 is 0 Å². The average Bonchev–Trinajstić information content (AvgIpc) is 3.22. The summed E-state index contributed by atoms with van der Waals surface area (Å²) in [7, 11) is 0. The van der Waals surface area contributed by atoms with Crippen LogP contribution in [-0.2, 0) is 0 Å². The van der Waals surface area contributed by atoms with Crippen molar-refractivity contribution in [2.45, 2.75) is 11.8 Å². The largest absolute Gasteiger partial charge is 0.321 e. The van der Waals surface area contributed by atoms with Crippen LogP contribution in [0, 0.1) is 12.7 Å². The Morgan fingerprint density at radius 2 is 2.00 bits per heavy atom. The van der Waals surface area contributed by atoms with E-state index in [4.69, 9.17) is 0 Å². The van der Waals surface area contributed by atoms with Crippen LogP contribution in [0.2, 0.25) is 0 Å². The van der Waals surface area contributed by atoms with E-state index in [9.17, 15) is 9.18 Å². The maximum Gasteiger partial charge on any atom is 0.267 e.